The predicted octanol–water partition coefficient (Wildman–Crippen LogP) is 1.72. The topological polar surface area (TPSA) is 63.7 Å². The molecule has 8 heteroatoms. The molecule has 0 saturated carbocycles. The van der Waals surface area contributed by atoms with Gasteiger partial charge in [0.2, 0.25) is 7.85 Å². The van der Waals surface area contributed by atoms with Crippen LogP contribution < -0.4 is 0 Å². The van der Waals surface area contributed by atoms with Crippen LogP contribution in [0.2, 0.25) is 10.0 Å². The van der Waals surface area contributed by atoms with Crippen LogP contribution >= 0.6 is 23.2 Å². The molecule has 0 N–H and O–H groups in total. The normalized spacial score (nSPS) is 11.6. The van der Waals surface area contributed by atoms with Crippen LogP contribution in [0.25, 0.3) is 0 Å². The summed E-state index contributed by atoms with van der Waals surface area (Å²) >= 11 is 11.8. The Hall–Kier alpha value is -1.53. The van der Waals surface area contributed by atoms with Crippen molar-refractivity contribution < 1.29 is 19.1 Å². The zero-order valence-corrected chi connectivity index (χ0v) is 14.1. The summed E-state index contributed by atoms with van der Waals surface area (Å²) in [7, 11) is 4.07. The molecule has 0 spiro atoms. The summed E-state index contributed by atoms with van der Waals surface area (Å²) in [5.74, 6) is -1.31. The first-order valence-corrected chi connectivity index (χ1v) is 7.28. The molecule has 1 aromatic carbocycles. The Balaban J connectivity index is 2.99. The highest BCUT2D eigenvalue weighted by Crippen LogP contribution is 2.24. The molecule has 0 aliphatic heterocycles. The van der Waals surface area contributed by atoms with Gasteiger partial charge >= 0.3 is 5.97 Å². The third-order valence-corrected chi connectivity index (χ3v) is 4.03. The second kappa shape index (κ2) is 8.20. The Kier molecular flexibility index (Phi) is 6.90. The van der Waals surface area contributed by atoms with Crippen LogP contribution in [0, 0.1) is 0 Å². The monoisotopic (exact) mass is 343 g/mol. The number of amides is 1. The molecule has 0 unspecified atom stereocenters. The molecule has 22 heavy (non-hydrogen) atoms. The maximum absolute atomic E-state index is 12.3. The molecule has 0 aliphatic carbocycles. The predicted molar refractivity (Wildman–Crippen MR) is 87.3 cm³/mol. The number of nitrogens with zero attached hydrogens (tertiary/aromatic N) is 1. The SMILES string of the molecule is BC(=O)N(C)[C@H](Cc1ccc(Cl)c(Cl)c1)C(=O)CC(=O)OC. The molecule has 0 aliphatic rings. The van der Waals surface area contributed by atoms with E-state index in [9.17, 15) is 14.4 Å². The van der Waals surface area contributed by atoms with Gasteiger partial charge in [-0.1, -0.05) is 29.3 Å². The minimum atomic E-state index is -0.770. The van der Waals surface area contributed by atoms with E-state index < -0.39 is 17.8 Å². The highest BCUT2D eigenvalue weighted by molar-refractivity contribution is 6.57. The number of carbonyl (C=O) groups excluding carboxylic acids is 3. The Morgan fingerprint density at radius 1 is 1.27 bits per heavy atom. The van der Waals surface area contributed by atoms with E-state index in [0.29, 0.717) is 10.0 Å². The second-order valence-corrected chi connectivity index (χ2v) is 5.63. The van der Waals surface area contributed by atoms with Crippen LogP contribution in [0.5, 0.6) is 0 Å². The minimum Gasteiger partial charge on any atom is -0.469 e. The standard InChI is InChI=1S/C14H16BCl2NO4/c1-18(14(15)21)11(12(19)7-13(20)22-2)6-8-3-4-9(16)10(17)5-8/h3-5,11H,6-7,15H2,1-2H3/t11-/m1/s1. The van der Waals surface area contributed by atoms with Gasteiger partial charge in [0.05, 0.1) is 23.2 Å². The number of Topliss-reactive ketones (excluding diaryl/α,β-unsaturated/α-hetero) is 1. The molecule has 0 fully saturated rings. The number of esters is 1. The van der Waals surface area contributed by atoms with Gasteiger partial charge in [0.1, 0.15) is 6.42 Å². The smallest absolute Gasteiger partial charge is 0.313 e. The Bertz CT molecular complexity index is 594. The van der Waals surface area contributed by atoms with Gasteiger partial charge in [0, 0.05) is 7.05 Å². The van der Waals surface area contributed by atoms with Gasteiger partial charge in [0.15, 0.2) is 11.6 Å². The summed E-state index contributed by atoms with van der Waals surface area (Å²) in [5.41, 5.74) is 0.741. The number of rotatable bonds is 6. The van der Waals surface area contributed by atoms with Crippen molar-refractivity contribution in [2.75, 3.05) is 14.2 Å². The van der Waals surface area contributed by atoms with Gasteiger partial charge in [-0.25, -0.2) is 0 Å². The van der Waals surface area contributed by atoms with Crippen molar-refractivity contribution in [3.05, 3.63) is 33.8 Å². The van der Waals surface area contributed by atoms with Crippen molar-refractivity contribution in [2.45, 2.75) is 18.9 Å². The van der Waals surface area contributed by atoms with E-state index in [1.165, 1.54) is 26.9 Å². The van der Waals surface area contributed by atoms with Gasteiger partial charge in [-0.2, -0.15) is 0 Å². The summed E-state index contributed by atoms with van der Waals surface area (Å²) < 4.78 is 4.49. The van der Waals surface area contributed by atoms with Crippen LogP contribution in [-0.4, -0.2) is 50.5 Å². The van der Waals surface area contributed by atoms with Crippen molar-refractivity contribution in [2.24, 2.45) is 0 Å². The van der Waals surface area contributed by atoms with Crippen molar-refractivity contribution in [1.82, 2.24) is 4.90 Å². The first-order valence-electron chi connectivity index (χ1n) is 6.53. The number of methoxy groups -OCH3 is 1. The largest absolute Gasteiger partial charge is 0.469 e. The summed E-state index contributed by atoms with van der Waals surface area (Å²) in [6.45, 7) is 0. The van der Waals surface area contributed by atoms with E-state index in [0.717, 1.165) is 5.56 Å². The zero-order valence-electron chi connectivity index (χ0n) is 12.6. The zero-order chi connectivity index (χ0) is 16.9. The number of hydrogen-bond donors (Lipinski definition) is 0. The van der Waals surface area contributed by atoms with Crippen LogP contribution in [-0.2, 0) is 20.7 Å². The van der Waals surface area contributed by atoms with Crippen LogP contribution in [0.4, 0.5) is 4.79 Å². The molecule has 1 aromatic rings. The number of hydrogen-bond acceptors (Lipinski definition) is 4. The molecule has 0 saturated heterocycles. The summed E-state index contributed by atoms with van der Waals surface area (Å²) in [6.07, 6.45) is -0.150. The van der Waals surface area contributed by atoms with E-state index in [4.69, 9.17) is 23.2 Å². The Morgan fingerprint density at radius 2 is 1.91 bits per heavy atom. The number of ketones is 1. The molecule has 1 atom stereocenters. The van der Waals surface area contributed by atoms with E-state index in [1.54, 1.807) is 18.2 Å². The molecule has 1 amide bonds. The van der Waals surface area contributed by atoms with E-state index in [1.807, 2.05) is 0 Å². The number of benzene rings is 1. The molecule has 0 heterocycles. The van der Waals surface area contributed by atoms with Gasteiger partial charge < -0.3 is 9.64 Å². The second-order valence-electron chi connectivity index (χ2n) is 4.82. The number of carbonyl (C=O) groups is 3. The quantitative estimate of drug-likeness (QED) is 0.448. The number of halogens is 2. The van der Waals surface area contributed by atoms with Gasteiger partial charge in [-0.05, 0) is 24.1 Å². The van der Waals surface area contributed by atoms with E-state index in [2.05, 4.69) is 4.74 Å². The maximum atomic E-state index is 12.3. The average molecular weight is 344 g/mol. The third kappa shape index (κ3) is 5.03. The molecule has 118 valence electrons. The first-order chi connectivity index (χ1) is 10.3. The van der Waals surface area contributed by atoms with E-state index >= 15 is 0 Å². The number of ether oxygens (including phenoxy) is 1. The van der Waals surface area contributed by atoms with Crippen molar-refractivity contribution in [3.8, 4) is 0 Å². The lowest BCUT2D eigenvalue weighted by Gasteiger charge is -2.26. The van der Waals surface area contributed by atoms with Crippen LogP contribution in [0.15, 0.2) is 18.2 Å². The molecule has 1 rings (SSSR count). The molecule has 0 radical (unpaired) electrons. The Morgan fingerprint density at radius 3 is 2.41 bits per heavy atom. The highest BCUT2D eigenvalue weighted by Gasteiger charge is 2.27. The molecular formula is C14H16BCl2NO4. The van der Waals surface area contributed by atoms with Crippen molar-refractivity contribution in [1.29, 1.82) is 0 Å². The lowest BCUT2D eigenvalue weighted by molar-refractivity contribution is -0.144. The lowest BCUT2D eigenvalue weighted by atomic mass is 9.97. The summed E-state index contributed by atoms with van der Waals surface area (Å²) in [4.78, 5) is 36.4. The fraction of sp³-hybridized carbons (Fsp3) is 0.357. The molecular weight excluding hydrogens is 328 g/mol. The molecule has 0 bridgehead atoms. The third-order valence-electron chi connectivity index (χ3n) is 3.30. The van der Waals surface area contributed by atoms with Gasteiger partial charge in [-0.15, -0.1) is 0 Å². The highest BCUT2D eigenvalue weighted by atomic mass is 35.5. The Labute approximate surface area is 139 Å². The number of likely N-dealkylation sites (N-methyl/N-ethyl adjacent to an activating group) is 1. The van der Waals surface area contributed by atoms with Gasteiger partial charge in [0.25, 0.3) is 0 Å². The maximum Gasteiger partial charge on any atom is 0.313 e. The van der Waals surface area contributed by atoms with E-state index in [-0.39, 0.29) is 18.6 Å². The van der Waals surface area contributed by atoms with Gasteiger partial charge in [-0.3, -0.25) is 14.4 Å². The first kappa shape index (κ1) is 18.5. The van der Waals surface area contributed by atoms with Crippen molar-refractivity contribution >= 4 is 48.6 Å². The minimum absolute atomic E-state index is 0.239. The fourth-order valence-corrected chi connectivity index (χ4v) is 2.23. The lowest BCUT2D eigenvalue weighted by Crippen LogP contribution is -2.44. The summed E-state index contributed by atoms with van der Waals surface area (Å²) in [6, 6.07) is 4.21. The molecule has 0 aromatic heterocycles. The van der Waals surface area contributed by atoms with Crippen LogP contribution in [0.1, 0.15) is 12.0 Å². The van der Waals surface area contributed by atoms with Crippen molar-refractivity contribution in [3.63, 3.8) is 0 Å². The van der Waals surface area contributed by atoms with Crippen LogP contribution in [0.3, 0.4) is 0 Å². The molecule has 5 nitrogen and oxygen atoms in total. The summed E-state index contributed by atoms with van der Waals surface area (Å²) in [5, 5.41) is 0.770. The average Bonchev–Trinajstić information content (AvgIpc) is 2.47. The fourth-order valence-electron chi connectivity index (χ4n) is 1.91.